The molecule has 0 aliphatic carbocycles. The maximum absolute atomic E-state index is 5.92. The fourth-order valence-corrected chi connectivity index (χ4v) is 3.53. The molecule has 2 heterocycles. The van der Waals surface area contributed by atoms with Crippen LogP contribution in [0.3, 0.4) is 0 Å². The van der Waals surface area contributed by atoms with E-state index in [0.717, 1.165) is 22.5 Å². The smallest absolute Gasteiger partial charge is 0.123 e. The summed E-state index contributed by atoms with van der Waals surface area (Å²) in [6.07, 6.45) is 2.46. The molecule has 0 amide bonds. The van der Waals surface area contributed by atoms with Gasteiger partial charge in [-0.2, -0.15) is 0 Å². The van der Waals surface area contributed by atoms with Crippen LogP contribution in [-0.2, 0) is 4.75 Å². The number of nitrogens with zero attached hydrogens (tertiary/aromatic N) is 1. The average molecular weight is 233 g/mol. The molecule has 0 spiro atoms. The third-order valence-electron chi connectivity index (χ3n) is 3.26. The second kappa shape index (κ2) is 3.42. The summed E-state index contributed by atoms with van der Waals surface area (Å²) in [5.41, 5.74) is 8.63. The molecule has 1 aliphatic heterocycles. The van der Waals surface area contributed by atoms with Crippen LogP contribution in [0.1, 0.15) is 25.6 Å². The summed E-state index contributed by atoms with van der Waals surface area (Å²) in [4.78, 5) is 8.07. The van der Waals surface area contributed by atoms with E-state index in [0.29, 0.717) is 0 Å². The predicted molar refractivity (Wildman–Crippen MR) is 69.6 cm³/mol. The Bertz CT molecular complexity index is 526. The number of aromatic amines is 1. The number of nitrogen functional groups attached to an aromatic ring is 1. The maximum atomic E-state index is 5.92. The highest BCUT2D eigenvalue weighted by atomic mass is 32.2. The second-order valence-electron chi connectivity index (χ2n) is 4.51. The first-order chi connectivity index (χ1) is 7.69. The van der Waals surface area contributed by atoms with Crippen molar-refractivity contribution in [2.75, 3.05) is 11.5 Å². The van der Waals surface area contributed by atoms with E-state index < -0.39 is 0 Å². The number of fused-ring (bicyclic) bond motifs is 1. The number of imidazole rings is 1. The van der Waals surface area contributed by atoms with Crippen LogP contribution in [0.15, 0.2) is 18.2 Å². The number of benzene rings is 1. The fraction of sp³-hybridized carbons (Fsp3) is 0.417. The standard InChI is InChI=1S/C12H15N3S/c1-12(6-3-7-16-12)11-14-9-5-2-4-8(13)10(9)15-11/h2,4-5H,3,6-7,13H2,1H3,(H,14,15). The Hall–Kier alpha value is -1.16. The van der Waals surface area contributed by atoms with Crippen molar-refractivity contribution in [2.45, 2.75) is 24.5 Å². The van der Waals surface area contributed by atoms with Gasteiger partial charge < -0.3 is 10.7 Å². The molecule has 3 nitrogen and oxygen atoms in total. The molecule has 3 rings (SSSR count). The number of nitrogens with two attached hydrogens (primary N) is 1. The number of nitrogens with one attached hydrogen (secondary N) is 1. The van der Waals surface area contributed by atoms with Gasteiger partial charge in [-0.3, -0.25) is 0 Å². The number of rotatable bonds is 1. The average Bonchev–Trinajstić information content (AvgIpc) is 2.85. The molecule has 0 bridgehead atoms. The molecule has 1 saturated heterocycles. The zero-order valence-electron chi connectivity index (χ0n) is 9.29. The van der Waals surface area contributed by atoms with Crippen LogP contribution >= 0.6 is 11.8 Å². The number of hydrogen-bond donors (Lipinski definition) is 2. The highest BCUT2D eigenvalue weighted by Crippen LogP contribution is 2.45. The lowest BCUT2D eigenvalue weighted by molar-refractivity contribution is 0.614. The summed E-state index contributed by atoms with van der Waals surface area (Å²) in [7, 11) is 0. The van der Waals surface area contributed by atoms with Gasteiger partial charge in [0, 0.05) is 0 Å². The summed E-state index contributed by atoms with van der Waals surface area (Å²) in [5, 5.41) is 0. The Kier molecular flexibility index (Phi) is 2.14. The first kappa shape index (κ1) is 10.0. The lowest BCUT2D eigenvalue weighted by atomic mass is 10.1. The van der Waals surface area contributed by atoms with Crippen molar-refractivity contribution in [3.8, 4) is 0 Å². The largest absolute Gasteiger partial charge is 0.397 e. The van der Waals surface area contributed by atoms with Gasteiger partial charge in [0.15, 0.2) is 0 Å². The number of anilines is 1. The summed E-state index contributed by atoms with van der Waals surface area (Å²) in [6, 6.07) is 5.89. The van der Waals surface area contributed by atoms with Crippen LogP contribution < -0.4 is 5.73 Å². The molecule has 1 aliphatic rings. The molecule has 1 fully saturated rings. The van der Waals surface area contributed by atoms with E-state index in [9.17, 15) is 0 Å². The fourth-order valence-electron chi connectivity index (χ4n) is 2.27. The molecule has 16 heavy (non-hydrogen) atoms. The monoisotopic (exact) mass is 233 g/mol. The minimum Gasteiger partial charge on any atom is -0.397 e. The summed E-state index contributed by atoms with van der Waals surface area (Å²) >= 11 is 1.98. The molecule has 0 radical (unpaired) electrons. The zero-order valence-corrected chi connectivity index (χ0v) is 10.1. The van der Waals surface area contributed by atoms with Crippen molar-refractivity contribution in [3.05, 3.63) is 24.0 Å². The van der Waals surface area contributed by atoms with Crippen LogP contribution in [0.2, 0.25) is 0 Å². The number of thioether (sulfide) groups is 1. The van der Waals surface area contributed by atoms with Gasteiger partial charge in [0.1, 0.15) is 11.3 Å². The van der Waals surface area contributed by atoms with Crippen LogP contribution in [-0.4, -0.2) is 15.7 Å². The minimum atomic E-state index is 0.144. The van der Waals surface area contributed by atoms with Gasteiger partial charge in [0.25, 0.3) is 0 Å². The van der Waals surface area contributed by atoms with Gasteiger partial charge in [-0.15, -0.1) is 11.8 Å². The van der Waals surface area contributed by atoms with Crippen molar-refractivity contribution in [1.82, 2.24) is 9.97 Å². The Balaban J connectivity index is 2.15. The van der Waals surface area contributed by atoms with E-state index in [1.165, 1.54) is 18.6 Å². The predicted octanol–water partition coefficient (Wildman–Crippen LogP) is 2.89. The van der Waals surface area contributed by atoms with E-state index >= 15 is 0 Å². The lowest BCUT2D eigenvalue weighted by Gasteiger charge is -2.18. The van der Waals surface area contributed by atoms with E-state index in [-0.39, 0.29) is 4.75 Å². The molecule has 84 valence electrons. The molecular weight excluding hydrogens is 218 g/mol. The quantitative estimate of drug-likeness (QED) is 0.745. The van der Waals surface area contributed by atoms with Crippen molar-refractivity contribution in [2.24, 2.45) is 0 Å². The number of para-hydroxylation sites is 1. The highest BCUT2D eigenvalue weighted by Gasteiger charge is 2.34. The van der Waals surface area contributed by atoms with E-state index in [1.54, 1.807) is 0 Å². The SMILES string of the molecule is CC1(c2nc3c(N)cccc3[nH]2)CCCS1. The molecular formula is C12H15N3S. The first-order valence-electron chi connectivity index (χ1n) is 5.58. The molecule has 4 heteroatoms. The minimum absolute atomic E-state index is 0.144. The van der Waals surface area contributed by atoms with Crippen molar-refractivity contribution in [3.63, 3.8) is 0 Å². The molecule has 0 saturated carbocycles. The van der Waals surface area contributed by atoms with Gasteiger partial charge in [-0.1, -0.05) is 6.07 Å². The van der Waals surface area contributed by atoms with Gasteiger partial charge in [-0.25, -0.2) is 4.98 Å². The Morgan fingerprint density at radius 3 is 3.06 bits per heavy atom. The van der Waals surface area contributed by atoms with E-state index in [4.69, 9.17) is 5.73 Å². The van der Waals surface area contributed by atoms with Crippen LogP contribution in [0, 0.1) is 0 Å². The van der Waals surface area contributed by atoms with E-state index in [1.807, 2.05) is 30.0 Å². The lowest BCUT2D eigenvalue weighted by Crippen LogP contribution is -2.14. The molecule has 1 aromatic carbocycles. The van der Waals surface area contributed by atoms with Crippen LogP contribution in [0.4, 0.5) is 5.69 Å². The molecule has 2 aromatic rings. The van der Waals surface area contributed by atoms with Crippen molar-refractivity contribution < 1.29 is 0 Å². The van der Waals surface area contributed by atoms with E-state index in [2.05, 4.69) is 16.9 Å². The summed E-state index contributed by atoms with van der Waals surface area (Å²) in [6.45, 7) is 2.26. The first-order valence-corrected chi connectivity index (χ1v) is 6.56. The van der Waals surface area contributed by atoms with Gasteiger partial charge >= 0.3 is 0 Å². The molecule has 1 unspecified atom stereocenters. The number of hydrogen-bond acceptors (Lipinski definition) is 3. The normalized spacial score (nSPS) is 25.3. The third kappa shape index (κ3) is 1.40. The van der Waals surface area contributed by atoms with Gasteiger partial charge in [0.2, 0.25) is 0 Å². The second-order valence-corrected chi connectivity index (χ2v) is 6.11. The summed E-state index contributed by atoms with van der Waals surface area (Å²) in [5.74, 6) is 2.30. The molecule has 1 atom stereocenters. The van der Waals surface area contributed by atoms with Crippen LogP contribution in [0.25, 0.3) is 11.0 Å². The van der Waals surface area contributed by atoms with Crippen molar-refractivity contribution >= 4 is 28.5 Å². The topological polar surface area (TPSA) is 54.7 Å². The Labute approximate surface area is 98.8 Å². The summed E-state index contributed by atoms with van der Waals surface area (Å²) < 4.78 is 0.144. The highest BCUT2D eigenvalue weighted by molar-refractivity contribution is 8.00. The van der Waals surface area contributed by atoms with Gasteiger partial charge in [-0.05, 0) is 37.7 Å². The number of H-pyrrole nitrogens is 1. The number of aromatic nitrogens is 2. The van der Waals surface area contributed by atoms with Crippen molar-refractivity contribution in [1.29, 1.82) is 0 Å². The Morgan fingerprint density at radius 2 is 2.38 bits per heavy atom. The molecule has 1 aromatic heterocycles. The third-order valence-corrected chi connectivity index (χ3v) is 4.79. The maximum Gasteiger partial charge on any atom is 0.123 e. The Morgan fingerprint density at radius 1 is 1.50 bits per heavy atom. The van der Waals surface area contributed by atoms with Gasteiger partial charge in [0.05, 0.1) is 16.0 Å². The zero-order chi connectivity index (χ0) is 11.2. The molecule has 3 N–H and O–H groups in total. The van der Waals surface area contributed by atoms with Crippen LogP contribution in [0.5, 0.6) is 0 Å².